The van der Waals surface area contributed by atoms with Crippen LogP contribution in [0, 0.1) is 5.92 Å². The first-order valence-electron chi connectivity index (χ1n) is 8.03. The van der Waals surface area contributed by atoms with Crippen molar-refractivity contribution in [2.24, 2.45) is 5.92 Å². The molecule has 2 amide bonds. The van der Waals surface area contributed by atoms with E-state index >= 15 is 0 Å². The van der Waals surface area contributed by atoms with E-state index in [2.05, 4.69) is 5.32 Å². The van der Waals surface area contributed by atoms with Crippen molar-refractivity contribution < 1.29 is 18.7 Å². The van der Waals surface area contributed by atoms with Crippen molar-refractivity contribution in [2.45, 2.75) is 19.0 Å². The fraction of sp³-hybridized carbons (Fsp3) is 0.333. The quantitative estimate of drug-likeness (QED) is 0.931. The maximum absolute atomic E-state index is 12.5. The van der Waals surface area contributed by atoms with E-state index in [0.717, 1.165) is 17.1 Å². The molecule has 2 aliphatic heterocycles. The second kappa shape index (κ2) is 6.03. The number of para-hydroxylation sites is 1. The van der Waals surface area contributed by atoms with Crippen LogP contribution < -0.4 is 10.1 Å². The number of amides is 2. The van der Waals surface area contributed by atoms with Crippen LogP contribution in [0.4, 0.5) is 0 Å². The van der Waals surface area contributed by atoms with E-state index in [-0.39, 0.29) is 30.2 Å². The van der Waals surface area contributed by atoms with Crippen LogP contribution in [-0.4, -0.2) is 29.9 Å². The molecule has 124 valence electrons. The lowest BCUT2D eigenvalue weighted by Crippen LogP contribution is -2.36. The average molecular weight is 326 g/mol. The largest absolute Gasteiger partial charge is 0.491 e. The lowest BCUT2D eigenvalue weighted by atomic mass is 10.1. The lowest BCUT2D eigenvalue weighted by Gasteiger charge is -2.17. The summed E-state index contributed by atoms with van der Waals surface area (Å²) in [7, 11) is 0. The fourth-order valence-electron chi connectivity index (χ4n) is 3.26. The summed E-state index contributed by atoms with van der Waals surface area (Å²) in [6, 6.07) is 11.2. The van der Waals surface area contributed by atoms with Crippen LogP contribution in [0.3, 0.4) is 0 Å². The average Bonchev–Trinajstić information content (AvgIpc) is 3.30. The first-order valence-corrected chi connectivity index (χ1v) is 8.03. The lowest BCUT2D eigenvalue weighted by molar-refractivity contribution is -0.129. The third kappa shape index (κ3) is 2.75. The van der Waals surface area contributed by atoms with E-state index in [1.54, 1.807) is 17.2 Å². The van der Waals surface area contributed by atoms with Gasteiger partial charge >= 0.3 is 0 Å². The first-order chi connectivity index (χ1) is 11.7. The van der Waals surface area contributed by atoms with Gasteiger partial charge in [-0.15, -0.1) is 0 Å². The van der Waals surface area contributed by atoms with Crippen LogP contribution in [0.15, 0.2) is 47.1 Å². The maximum atomic E-state index is 12.5. The number of nitrogens with one attached hydrogen (secondary N) is 1. The van der Waals surface area contributed by atoms with Gasteiger partial charge in [0.1, 0.15) is 18.1 Å². The molecule has 2 aromatic rings. The van der Waals surface area contributed by atoms with Crippen LogP contribution >= 0.6 is 0 Å². The van der Waals surface area contributed by atoms with E-state index in [9.17, 15) is 9.59 Å². The summed E-state index contributed by atoms with van der Waals surface area (Å²) in [5.74, 6) is 1.08. The number of hydrogen-bond donors (Lipinski definition) is 1. The summed E-state index contributed by atoms with van der Waals surface area (Å²) in [6.45, 7) is 1.26. The molecule has 1 fully saturated rings. The number of furan rings is 1. The Labute approximate surface area is 139 Å². The molecular weight excluding hydrogens is 308 g/mol. The molecule has 24 heavy (non-hydrogen) atoms. The highest BCUT2D eigenvalue weighted by molar-refractivity contribution is 5.89. The van der Waals surface area contributed by atoms with Gasteiger partial charge < -0.3 is 19.4 Å². The van der Waals surface area contributed by atoms with Gasteiger partial charge in [-0.1, -0.05) is 18.2 Å². The zero-order chi connectivity index (χ0) is 16.5. The number of hydrogen-bond acceptors (Lipinski definition) is 4. The summed E-state index contributed by atoms with van der Waals surface area (Å²) in [5.41, 5.74) is 0.989. The second-order valence-corrected chi connectivity index (χ2v) is 6.16. The number of carbonyl (C=O) groups is 2. The Kier molecular flexibility index (Phi) is 3.72. The molecule has 0 radical (unpaired) electrons. The van der Waals surface area contributed by atoms with Crippen LogP contribution in [0.1, 0.15) is 23.8 Å². The monoisotopic (exact) mass is 326 g/mol. The van der Waals surface area contributed by atoms with E-state index in [0.29, 0.717) is 19.7 Å². The molecule has 0 spiro atoms. The first kappa shape index (κ1) is 14.8. The number of benzene rings is 1. The van der Waals surface area contributed by atoms with Gasteiger partial charge in [-0.3, -0.25) is 9.59 Å². The number of rotatable bonds is 4. The standard InChI is InChI=1S/C18H18N2O4/c21-17-8-12(9-20(17)10-13-4-3-7-23-13)18(22)19-15-11-24-16-6-2-1-5-14(15)16/h1-7,12,15H,8-11H2,(H,19,22)/t12-,15+/m0/s1. The van der Waals surface area contributed by atoms with E-state index in [1.807, 2.05) is 30.3 Å². The molecule has 0 aliphatic carbocycles. The van der Waals surface area contributed by atoms with Gasteiger partial charge in [0.05, 0.1) is 24.8 Å². The topological polar surface area (TPSA) is 71.8 Å². The van der Waals surface area contributed by atoms with Crippen LogP contribution in [0.5, 0.6) is 5.75 Å². The Morgan fingerprint density at radius 2 is 2.12 bits per heavy atom. The minimum atomic E-state index is -0.333. The maximum Gasteiger partial charge on any atom is 0.226 e. The Morgan fingerprint density at radius 1 is 1.25 bits per heavy atom. The van der Waals surface area contributed by atoms with Gasteiger partial charge in [0, 0.05) is 18.5 Å². The minimum absolute atomic E-state index is 0.0189. The van der Waals surface area contributed by atoms with Crippen molar-refractivity contribution in [1.82, 2.24) is 10.2 Å². The SMILES string of the molecule is O=C(N[C@@H]1COc2ccccc21)[C@H]1CC(=O)N(Cc2ccco2)C1. The minimum Gasteiger partial charge on any atom is -0.491 e. The van der Waals surface area contributed by atoms with Gasteiger partial charge in [0.2, 0.25) is 11.8 Å². The van der Waals surface area contributed by atoms with Crippen molar-refractivity contribution in [3.8, 4) is 5.75 Å². The summed E-state index contributed by atoms with van der Waals surface area (Å²) in [5, 5.41) is 3.01. The molecule has 2 aliphatic rings. The van der Waals surface area contributed by atoms with Crippen molar-refractivity contribution in [3.05, 3.63) is 54.0 Å². The highest BCUT2D eigenvalue weighted by Crippen LogP contribution is 2.32. The number of carbonyl (C=O) groups excluding carboxylic acids is 2. The highest BCUT2D eigenvalue weighted by atomic mass is 16.5. The smallest absolute Gasteiger partial charge is 0.226 e. The molecule has 2 atom stereocenters. The zero-order valence-electron chi connectivity index (χ0n) is 13.1. The van der Waals surface area contributed by atoms with Crippen molar-refractivity contribution in [1.29, 1.82) is 0 Å². The van der Waals surface area contributed by atoms with Crippen molar-refractivity contribution in [3.63, 3.8) is 0 Å². The number of nitrogens with zero attached hydrogens (tertiary/aromatic N) is 1. The van der Waals surface area contributed by atoms with Gasteiger partial charge in [0.25, 0.3) is 0 Å². The third-order valence-electron chi connectivity index (χ3n) is 4.53. The zero-order valence-corrected chi connectivity index (χ0v) is 13.1. The molecule has 1 aromatic carbocycles. The summed E-state index contributed by atoms with van der Waals surface area (Å²) >= 11 is 0. The Morgan fingerprint density at radius 3 is 2.96 bits per heavy atom. The number of likely N-dealkylation sites (tertiary alicyclic amines) is 1. The molecule has 1 aromatic heterocycles. The summed E-state index contributed by atoms with van der Waals surface area (Å²) in [4.78, 5) is 26.3. The molecule has 3 heterocycles. The van der Waals surface area contributed by atoms with E-state index in [4.69, 9.17) is 9.15 Å². The molecular formula is C18H18N2O4. The number of fused-ring (bicyclic) bond motifs is 1. The normalized spacial score (nSPS) is 22.3. The third-order valence-corrected chi connectivity index (χ3v) is 4.53. The number of ether oxygens (including phenoxy) is 1. The van der Waals surface area contributed by atoms with Gasteiger partial charge in [-0.2, -0.15) is 0 Å². The van der Waals surface area contributed by atoms with Crippen LogP contribution in [0.25, 0.3) is 0 Å². The second-order valence-electron chi connectivity index (χ2n) is 6.16. The highest BCUT2D eigenvalue weighted by Gasteiger charge is 2.36. The van der Waals surface area contributed by atoms with Gasteiger partial charge in [-0.05, 0) is 18.2 Å². The molecule has 0 saturated carbocycles. The summed E-state index contributed by atoms with van der Waals surface area (Å²) < 4.78 is 10.9. The molecule has 4 rings (SSSR count). The molecule has 1 N–H and O–H groups in total. The van der Waals surface area contributed by atoms with E-state index < -0.39 is 0 Å². The Hall–Kier alpha value is -2.76. The molecule has 0 unspecified atom stereocenters. The molecule has 6 nitrogen and oxygen atoms in total. The summed E-state index contributed by atoms with van der Waals surface area (Å²) in [6.07, 6.45) is 1.82. The molecule has 0 bridgehead atoms. The Balaban J connectivity index is 1.38. The van der Waals surface area contributed by atoms with Gasteiger partial charge in [0.15, 0.2) is 0 Å². The predicted molar refractivity (Wildman–Crippen MR) is 85.1 cm³/mol. The molecule has 6 heteroatoms. The Bertz CT molecular complexity index is 756. The fourth-order valence-corrected chi connectivity index (χ4v) is 3.26. The van der Waals surface area contributed by atoms with Gasteiger partial charge in [-0.25, -0.2) is 0 Å². The van der Waals surface area contributed by atoms with Crippen LogP contribution in [0.2, 0.25) is 0 Å². The van der Waals surface area contributed by atoms with Crippen molar-refractivity contribution in [2.75, 3.05) is 13.2 Å². The van der Waals surface area contributed by atoms with Crippen LogP contribution in [-0.2, 0) is 16.1 Å². The van der Waals surface area contributed by atoms with E-state index in [1.165, 1.54) is 0 Å². The van der Waals surface area contributed by atoms with Crippen molar-refractivity contribution >= 4 is 11.8 Å². The predicted octanol–water partition coefficient (Wildman–Crippen LogP) is 1.88. The molecule has 1 saturated heterocycles.